The van der Waals surface area contributed by atoms with E-state index < -0.39 is 32.3 Å². The van der Waals surface area contributed by atoms with Crippen molar-refractivity contribution in [3.05, 3.63) is 36.4 Å². The predicted molar refractivity (Wildman–Crippen MR) is 71.9 cm³/mol. The number of halogens is 2. The van der Waals surface area contributed by atoms with Crippen molar-refractivity contribution in [2.75, 3.05) is 6.61 Å². The zero-order valence-corrected chi connectivity index (χ0v) is 11.8. The highest BCUT2D eigenvalue weighted by Crippen LogP contribution is 2.27. The monoisotopic (exact) mass is 305 g/mol. The molecule has 0 amide bonds. The molecule has 0 saturated carbocycles. The van der Waals surface area contributed by atoms with Gasteiger partial charge >= 0.3 is 0 Å². The Kier molecular flexibility index (Phi) is 6.09. The third-order valence-corrected chi connectivity index (χ3v) is 3.50. The van der Waals surface area contributed by atoms with Crippen molar-refractivity contribution in [2.45, 2.75) is 30.6 Å². The van der Waals surface area contributed by atoms with E-state index in [-0.39, 0.29) is 6.61 Å². The van der Waals surface area contributed by atoms with E-state index in [1.807, 2.05) is 0 Å². The van der Waals surface area contributed by atoms with Crippen LogP contribution >= 0.6 is 0 Å². The Morgan fingerprint density at radius 3 is 2.55 bits per heavy atom. The Hall–Kier alpha value is -1.47. The molecule has 112 valence electrons. The number of hydrogen-bond acceptors (Lipinski definition) is 3. The first-order valence-electron chi connectivity index (χ1n) is 6.12. The largest absolute Gasteiger partial charge is 0.489 e. The van der Waals surface area contributed by atoms with Crippen molar-refractivity contribution in [3.8, 4) is 5.75 Å². The van der Waals surface area contributed by atoms with Gasteiger partial charge in [-0.25, -0.2) is 22.3 Å². The molecule has 0 unspecified atom stereocenters. The Bertz CT molecular complexity index is 573. The second-order valence-corrected chi connectivity index (χ2v) is 5.78. The van der Waals surface area contributed by atoms with Crippen LogP contribution in [0.15, 0.2) is 29.7 Å². The molecular weight excluding hydrogens is 288 g/mol. The van der Waals surface area contributed by atoms with Crippen molar-refractivity contribution < 1.29 is 21.9 Å². The lowest BCUT2D eigenvalue weighted by Gasteiger charge is -2.11. The fourth-order valence-electron chi connectivity index (χ4n) is 1.63. The van der Waals surface area contributed by atoms with Gasteiger partial charge in [0, 0.05) is 6.07 Å². The van der Waals surface area contributed by atoms with Gasteiger partial charge in [0.25, 0.3) is 0 Å². The standard InChI is InChI=1S/C13H17F2NO3S/c1-2-3-4-5-6-7-19-13-11(15)8-10(14)9-12(13)20(16,17)18/h2,8-9H,1,3-7H2,(H2,16,17,18). The van der Waals surface area contributed by atoms with E-state index in [0.717, 1.165) is 19.3 Å². The minimum absolute atomic E-state index is 0.127. The number of unbranched alkanes of at least 4 members (excludes halogenated alkanes) is 3. The summed E-state index contributed by atoms with van der Waals surface area (Å²) in [5, 5.41) is 4.91. The Morgan fingerprint density at radius 1 is 1.25 bits per heavy atom. The first kappa shape index (κ1) is 16.6. The van der Waals surface area contributed by atoms with Gasteiger partial charge in [-0.1, -0.05) is 6.08 Å². The smallest absolute Gasteiger partial charge is 0.241 e. The molecule has 0 aliphatic rings. The van der Waals surface area contributed by atoms with E-state index in [9.17, 15) is 17.2 Å². The molecule has 20 heavy (non-hydrogen) atoms. The molecular formula is C13H17F2NO3S. The zero-order valence-electron chi connectivity index (χ0n) is 10.9. The van der Waals surface area contributed by atoms with Crippen LogP contribution in [0.2, 0.25) is 0 Å². The van der Waals surface area contributed by atoms with Crippen LogP contribution in [0.4, 0.5) is 8.78 Å². The van der Waals surface area contributed by atoms with Gasteiger partial charge in [-0.05, 0) is 31.7 Å². The minimum Gasteiger partial charge on any atom is -0.489 e. The van der Waals surface area contributed by atoms with E-state index in [4.69, 9.17) is 9.88 Å². The van der Waals surface area contributed by atoms with Crippen molar-refractivity contribution in [1.82, 2.24) is 0 Å². The van der Waals surface area contributed by atoms with Gasteiger partial charge < -0.3 is 4.74 Å². The molecule has 1 aromatic carbocycles. The lowest BCUT2D eigenvalue weighted by molar-refractivity contribution is 0.281. The highest BCUT2D eigenvalue weighted by atomic mass is 32.2. The number of sulfonamides is 1. The molecule has 4 nitrogen and oxygen atoms in total. The average Bonchev–Trinajstić information content (AvgIpc) is 2.34. The van der Waals surface area contributed by atoms with E-state index >= 15 is 0 Å². The highest BCUT2D eigenvalue weighted by molar-refractivity contribution is 7.89. The summed E-state index contributed by atoms with van der Waals surface area (Å²) in [5.41, 5.74) is 0. The van der Waals surface area contributed by atoms with E-state index in [1.165, 1.54) is 0 Å². The molecule has 0 saturated heterocycles. The maximum Gasteiger partial charge on any atom is 0.241 e. The maximum atomic E-state index is 13.6. The van der Waals surface area contributed by atoms with Gasteiger partial charge in [0.2, 0.25) is 10.0 Å². The molecule has 0 fully saturated rings. The van der Waals surface area contributed by atoms with Crippen molar-refractivity contribution >= 4 is 10.0 Å². The summed E-state index contributed by atoms with van der Waals surface area (Å²) in [6.45, 7) is 3.71. The van der Waals surface area contributed by atoms with Crippen LogP contribution in [0.5, 0.6) is 5.75 Å². The summed E-state index contributed by atoms with van der Waals surface area (Å²) in [6.07, 6.45) is 5.03. The number of benzene rings is 1. The molecule has 0 aliphatic carbocycles. The molecule has 1 rings (SSSR count). The quantitative estimate of drug-likeness (QED) is 0.593. The summed E-state index contributed by atoms with van der Waals surface area (Å²) >= 11 is 0. The molecule has 0 aliphatic heterocycles. The van der Waals surface area contributed by atoms with Crippen LogP contribution in [0.3, 0.4) is 0 Å². The van der Waals surface area contributed by atoms with Gasteiger partial charge in [-0.2, -0.15) is 0 Å². The van der Waals surface area contributed by atoms with Gasteiger partial charge in [0.15, 0.2) is 11.6 Å². The van der Waals surface area contributed by atoms with Crippen LogP contribution < -0.4 is 9.88 Å². The maximum absolute atomic E-state index is 13.6. The first-order valence-corrected chi connectivity index (χ1v) is 7.66. The molecule has 0 spiro atoms. The van der Waals surface area contributed by atoms with E-state index in [1.54, 1.807) is 6.08 Å². The predicted octanol–water partition coefficient (Wildman–Crippen LogP) is 2.74. The molecule has 0 heterocycles. The molecule has 0 aromatic heterocycles. The number of nitrogens with two attached hydrogens (primary N) is 1. The normalized spacial score (nSPS) is 11.3. The molecule has 0 bridgehead atoms. The van der Waals surface area contributed by atoms with E-state index in [2.05, 4.69) is 6.58 Å². The van der Waals surface area contributed by atoms with Crippen molar-refractivity contribution in [1.29, 1.82) is 0 Å². The fourth-order valence-corrected chi connectivity index (χ4v) is 2.32. The van der Waals surface area contributed by atoms with Crippen LogP contribution in [-0.4, -0.2) is 15.0 Å². The topological polar surface area (TPSA) is 69.4 Å². The minimum atomic E-state index is -4.25. The summed E-state index contributed by atoms with van der Waals surface area (Å²) in [7, 11) is -4.25. The lowest BCUT2D eigenvalue weighted by Crippen LogP contribution is -2.15. The van der Waals surface area contributed by atoms with Crippen LogP contribution in [0, 0.1) is 11.6 Å². The summed E-state index contributed by atoms with van der Waals surface area (Å²) in [5.74, 6) is -2.64. The third kappa shape index (κ3) is 4.90. The van der Waals surface area contributed by atoms with Crippen molar-refractivity contribution in [2.24, 2.45) is 5.14 Å². The Morgan fingerprint density at radius 2 is 1.95 bits per heavy atom. The van der Waals surface area contributed by atoms with E-state index in [0.29, 0.717) is 18.6 Å². The SMILES string of the molecule is C=CCCCCCOc1c(F)cc(F)cc1S(N)(=O)=O. The van der Waals surface area contributed by atoms with Crippen LogP contribution in [0.1, 0.15) is 25.7 Å². The van der Waals surface area contributed by atoms with Gasteiger partial charge in [0.1, 0.15) is 10.7 Å². The first-order chi connectivity index (χ1) is 9.36. The molecule has 1 aromatic rings. The second-order valence-electron chi connectivity index (χ2n) is 4.25. The Balaban J connectivity index is 2.76. The van der Waals surface area contributed by atoms with Crippen LogP contribution in [0.25, 0.3) is 0 Å². The van der Waals surface area contributed by atoms with Gasteiger partial charge in [0.05, 0.1) is 6.61 Å². The lowest BCUT2D eigenvalue weighted by atomic mass is 10.2. The molecule has 0 atom stereocenters. The number of rotatable bonds is 8. The summed E-state index contributed by atoms with van der Waals surface area (Å²) < 4.78 is 54.3. The second kappa shape index (κ2) is 7.35. The fraction of sp³-hybridized carbons (Fsp3) is 0.385. The summed E-state index contributed by atoms with van der Waals surface area (Å²) in [6, 6.07) is 1.20. The van der Waals surface area contributed by atoms with Crippen LogP contribution in [-0.2, 0) is 10.0 Å². The van der Waals surface area contributed by atoms with Gasteiger partial charge in [-0.15, -0.1) is 6.58 Å². The molecule has 2 N–H and O–H groups in total. The third-order valence-electron chi connectivity index (χ3n) is 2.58. The number of allylic oxidation sites excluding steroid dienone is 1. The highest BCUT2D eigenvalue weighted by Gasteiger charge is 2.21. The number of primary sulfonamides is 1. The van der Waals surface area contributed by atoms with Crippen molar-refractivity contribution in [3.63, 3.8) is 0 Å². The average molecular weight is 305 g/mol. The zero-order chi connectivity index (χ0) is 15.2. The molecule has 7 heteroatoms. The Labute approximate surface area is 117 Å². The number of ether oxygens (including phenoxy) is 1. The van der Waals surface area contributed by atoms with Gasteiger partial charge in [-0.3, -0.25) is 0 Å². The summed E-state index contributed by atoms with van der Waals surface area (Å²) in [4.78, 5) is -0.680. The number of hydrogen-bond donors (Lipinski definition) is 1. The molecule has 0 radical (unpaired) electrons.